The third-order valence-corrected chi connectivity index (χ3v) is 3.87. The minimum atomic E-state index is -0.0236. The highest BCUT2D eigenvalue weighted by molar-refractivity contribution is 5.92. The van der Waals surface area contributed by atoms with Gasteiger partial charge in [0.1, 0.15) is 5.75 Å². The average Bonchev–Trinajstić information content (AvgIpc) is 2.55. The van der Waals surface area contributed by atoms with Crippen LogP contribution < -0.4 is 10.1 Å². The SMILES string of the molecule is CC[C@@H](C)c1ccc(NC(=O)Cc2cccc(OC)c2)cc1. The number of amides is 1. The summed E-state index contributed by atoms with van der Waals surface area (Å²) < 4.78 is 5.17. The number of methoxy groups -OCH3 is 1. The molecule has 2 aromatic carbocycles. The Labute approximate surface area is 132 Å². The maximum Gasteiger partial charge on any atom is 0.228 e. The molecule has 0 radical (unpaired) electrons. The summed E-state index contributed by atoms with van der Waals surface area (Å²) in [6, 6.07) is 15.7. The van der Waals surface area contributed by atoms with Gasteiger partial charge in [-0.1, -0.05) is 38.1 Å². The lowest BCUT2D eigenvalue weighted by molar-refractivity contribution is -0.115. The van der Waals surface area contributed by atoms with Gasteiger partial charge in [0.15, 0.2) is 0 Å². The van der Waals surface area contributed by atoms with Crippen molar-refractivity contribution >= 4 is 11.6 Å². The maximum absolute atomic E-state index is 12.1. The Morgan fingerprint density at radius 1 is 1.18 bits per heavy atom. The number of carbonyl (C=O) groups is 1. The normalized spacial score (nSPS) is 11.8. The minimum Gasteiger partial charge on any atom is -0.497 e. The number of hydrogen-bond donors (Lipinski definition) is 1. The van der Waals surface area contributed by atoms with E-state index in [4.69, 9.17) is 4.74 Å². The summed E-state index contributed by atoms with van der Waals surface area (Å²) in [5.74, 6) is 1.29. The molecule has 2 aromatic rings. The van der Waals surface area contributed by atoms with E-state index in [2.05, 4.69) is 31.3 Å². The van der Waals surface area contributed by atoms with Crippen molar-refractivity contribution in [3.05, 3.63) is 59.7 Å². The van der Waals surface area contributed by atoms with Crippen LogP contribution in [0.3, 0.4) is 0 Å². The van der Waals surface area contributed by atoms with Crippen LogP contribution in [-0.2, 0) is 11.2 Å². The second-order valence-electron chi connectivity index (χ2n) is 5.51. The van der Waals surface area contributed by atoms with E-state index in [9.17, 15) is 4.79 Å². The first-order valence-electron chi connectivity index (χ1n) is 7.65. The van der Waals surface area contributed by atoms with Crippen LogP contribution in [0.2, 0.25) is 0 Å². The number of nitrogens with one attached hydrogen (secondary N) is 1. The molecule has 0 aliphatic heterocycles. The van der Waals surface area contributed by atoms with Crippen molar-refractivity contribution in [2.75, 3.05) is 12.4 Å². The highest BCUT2D eigenvalue weighted by Gasteiger charge is 2.06. The van der Waals surface area contributed by atoms with Gasteiger partial charge in [-0.25, -0.2) is 0 Å². The number of hydrogen-bond acceptors (Lipinski definition) is 2. The Balaban J connectivity index is 1.96. The van der Waals surface area contributed by atoms with E-state index in [1.165, 1.54) is 5.56 Å². The van der Waals surface area contributed by atoms with Gasteiger partial charge in [-0.2, -0.15) is 0 Å². The van der Waals surface area contributed by atoms with Crippen LogP contribution in [0.15, 0.2) is 48.5 Å². The largest absolute Gasteiger partial charge is 0.497 e. The van der Waals surface area contributed by atoms with Gasteiger partial charge in [0.25, 0.3) is 0 Å². The van der Waals surface area contributed by atoms with Crippen molar-refractivity contribution in [2.45, 2.75) is 32.6 Å². The number of benzene rings is 2. The van der Waals surface area contributed by atoms with Crippen LogP contribution >= 0.6 is 0 Å². The van der Waals surface area contributed by atoms with E-state index in [0.29, 0.717) is 12.3 Å². The van der Waals surface area contributed by atoms with Crippen LogP contribution in [0, 0.1) is 0 Å². The molecule has 0 saturated carbocycles. The maximum atomic E-state index is 12.1. The quantitative estimate of drug-likeness (QED) is 0.858. The third-order valence-electron chi connectivity index (χ3n) is 3.87. The molecule has 0 spiro atoms. The average molecular weight is 297 g/mol. The Bertz CT molecular complexity index is 620. The molecule has 1 atom stereocenters. The van der Waals surface area contributed by atoms with Crippen LogP contribution in [0.25, 0.3) is 0 Å². The van der Waals surface area contributed by atoms with E-state index in [1.807, 2.05) is 36.4 Å². The van der Waals surface area contributed by atoms with E-state index in [0.717, 1.165) is 23.4 Å². The minimum absolute atomic E-state index is 0.0236. The molecule has 0 unspecified atom stereocenters. The molecule has 0 aliphatic rings. The zero-order chi connectivity index (χ0) is 15.9. The van der Waals surface area contributed by atoms with Crippen molar-refractivity contribution in [1.82, 2.24) is 0 Å². The van der Waals surface area contributed by atoms with Crippen LogP contribution in [0.5, 0.6) is 5.75 Å². The molecule has 0 heterocycles. The number of ether oxygens (including phenoxy) is 1. The zero-order valence-electron chi connectivity index (χ0n) is 13.4. The van der Waals surface area contributed by atoms with Crippen molar-refractivity contribution in [2.24, 2.45) is 0 Å². The van der Waals surface area contributed by atoms with Gasteiger partial charge in [-0.15, -0.1) is 0 Å². The second-order valence-corrected chi connectivity index (χ2v) is 5.51. The van der Waals surface area contributed by atoms with Gasteiger partial charge in [0, 0.05) is 5.69 Å². The van der Waals surface area contributed by atoms with Gasteiger partial charge in [-0.05, 0) is 47.7 Å². The molecule has 0 fully saturated rings. The molecule has 0 bridgehead atoms. The molecule has 0 aromatic heterocycles. The summed E-state index contributed by atoms with van der Waals surface area (Å²) in [5, 5.41) is 2.93. The fourth-order valence-electron chi connectivity index (χ4n) is 2.30. The molecular weight excluding hydrogens is 274 g/mol. The lowest BCUT2D eigenvalue weighted by Crippen LogP contribution is -2.14. The van der Waals surface area contributed by atoms with Crippen molar-refractivity contribution in [3.63, 3.8) is 0 Å². The van der Waals surface area contributed by atoms with Crippen molar-refractivity contribution in [1.29, 1.82) is 0 Å². The summed E-state index contributed by atoms with van der Waals surface area (Å²) in [4.78, 5) is 12.1. The fraction of sp³-hybridized carbons (Fsp3) is 0.316. The van der Waals surface area contributed by atoms with Gasteiger partial charge in [0.2, 0.25) is 5.91 Å². The van der Waals surface area contributed by atoms with E-state index >= 15 is 0 Å². The smallest absolute Gasteiger partial charge is 0.228 e. The predicted octanol–water partition coefficient (Wildman–Crippen LogP) is 4.39. The molecule has 116 valence electrons. The van der Waals surface area contributed by atoms with E-state index < -0.39 is 0 Å². The van der Waals surface area contributed by atoms with Crippen LogP contribution in [0.4, 0.5) is 5.69 Å². The third kappa shape index (κ3) is 4.35. The molecule has 3 nitrogen and oxygen atoms in total. The van der Waals surface area contributed by atoms with Gasteiger partial charge >= 0.3 is 0 Å². The number of carbonyl (C=O) groups excluding carboxylic acids is 1. The van der Waals surface area contributed by atoms with Crippen LogP contribution in [-0.4, -0.2) is 13.0 Å². The van der Waals surface area contributed by atoms with Crippen molar-refractivity contribution in [3.8, 4) is 5.75 Å². The molecule has 2 rings (SSSR count). The molecule has 1 N–H and O–H groups in total. The first-order chi connectivity index (χ1) is 10.6. The monoisotopic (exact) mass is 297 g/mol. The van der Waals surface area contributed by atoms with Gasteiger partial charge < -0.3 is 10.1 Å². The molecule has 0 saturated heterocycles. The second kappa shape index (κ2) is 7.64. The van der Waals surface area contributed by atoms with Gasteiger partial charge in [0.05, 0.1) is 13.5 Å². The fourth-order valence-corrected chi connectivity index (χ4v) is 2.30. The molecular formula is C19H23NO2. The summed E-state index contributed by atoms with van der Waals surface area (Å²) in [7, 11) is 1.62. The molecule has 0 aliphatic carbocycles. The summed E-state index contributed by atoms with van der Waals surface area (Å²) in [5.41, 5.74) is 3.07. The van der Waals surface area contributed by atoms with Crippen LogP contribution in [0.1, 0.15) is 37.3 Å². The lowest BCUT2D eigenvalue weighted by Gasteiger charge is -2.11. The molecule has 22 heavy (non-hydrogen) atoms. The number of rotatable bonds is 6. The first kappa shape index (κ1) is 16.1. The van der Waals surface area contributed by atoms with Gasteiger partial charge in [-0.3, -0.25) is 4.79 Å². The molecule has 3 heteroatoms. The highest BCUT2D eigenvalue weighted by Crippen LogP contribution is 2.20. The highest BCUT2D eigenvalue weighted by atomic mass is 16.5. The first-order valence-corrected chi connectivity index (χ1v) is 7.65. The Morgan fingerprint density at radius 3 is 2.55 bits per heavy atom. The molecule has 1 amide bonds. The lowest BCUT2D eigenvalue weighted by atomic mass is 9.98. The zero-order valence-corrected chi connectivity index (χ0v) is 13.4. The predicted molar refractivity (Wildman–Crippen MR) is 90.5 cm³/mol. The topological polar surface area (TPSA) is 38.3 Å². The number of anilines is 1. The Kier molecular flexibility index (Phi) is 5.59. The summed E-state index contributed by atoms with van der Waals surface area (Å²) in [6.45, 7) is 4.38. The van der Waals surface area contributed by atoms with E-state index in [-0.39, 0.29) is 5.91 Å². The summed E-state index contributed by atoms with van der Waals surface area (Å²) in [6.07, 6.45) is 1.45. The van der Waals surface area contributed by atoms with Crippen molar-refractivity contribution < 1.29 is 9.53 Å². The Hall–Kier alpha value is -2.29. The standard InChI is InChI=1S/C19H23NO2/c1-4-14(2)16-8-10-17(11-9-16)20-19(21)13-15-6-5-7-18(12-15)22-3/h5-12,14H,4,13H2,1-3H3,(H,20,21)/t14-/m1/s1. The Morgan fingerprint density at radius 2 is 1.91 bits per heavy atom. The van der Waals surface area contributed by atoms with E-state index in [1.54, 1.807) is 7.11 Å². The summed E-state index contributed by atoms with van der Waals surface area (Å²) >= 11 is 0.